The monoisotopic (exact) mass is 248 g/mol. The summed E-state index contributed by atoms with van der Waals surface area (Å²) >= 11 is 5.96. The van der Waals surface area contributed by atoms with Gasteiger partial charge in [0.2, 0.25) is 0 Å². The molecule has 0 aliphatic rings. The van der Waals surface area contributed by atoms with Crippen molar-refractivity contribution in [1.29, 1.82) is 0 Å². The number of alkyl halides is 1. The number of aromatic nitrogens is 2. The van der Waals surface area contributed by atoms with Crippen molar-refractivity contribution in [3.05, 3.63) is 46.8 Å². The van der Waals surface area contributed by atoms with Crippen molar-refractivity contribution in [3.8, 4) is 5.69 Å². The van der Waals surface area contributed by atoms with Crippen molar-refractivity contribution < 1.29 is 0 Å². The molecule has 0 N–H and O–H groups in total. The van der Waals surface area contributed by atoms with Gasteiger partial charge in [-0.25, -0.2) is 4.68 Å². The maximum absolute atomic E-state index is 5.96. The van der Waals surface area contributed by atoms with Gasteiger partial charge in [-0.1, -0.05) is 25.1 Å². The van der Waals surface area contributed by atoms with Crippen molar-refractivity contribution in [2.75, 3.05) is 0 Å². The van der Waals surface area contributed by atoms with E-state index in [2.05, 4.69) is 37.1 Å². The maximum Gasteiger partial charge on any atom is 0.0680 e. The number of benzene rings is 1. The summed E-state index contributed by atoms with van der Waals surface area (Å²) in [7, 11) is 0. The maximum atomic E-state index is 5.96. The quantitative estimate of drug-likeness (QED) is 0.756. The molecule has 90 valence electrons. The molecule has 2 rings (SSSR count). The van der Waals surface area contributed by atoms with E-state index < -0.39 is 0 Å². The van der Waals surface area contributed by atoms with Gasteiger partial charge in [0.05, 0.1) is 17.3 Å². The molecule has 2 aromatic rings. The van der Waals surface area contributed by atoms with Crippen molar-refractivity contribution in [1.82, 2.24) is 9.78 Å². The molecule has 2 nitrogen and oxygen atoms in total. The number of nitrogens with zero attached hydrogens (tertiary/aromatic N) is 2. The molecular weight excluding hydrogens is 232 g/mol. The van der Waals surface area contributed by atoms with E-state index in [4.69, 9.17) is 11.6 Å². The Hall–Kier alpha value is -1.28. The van der Waals surface area contributed by atoms with Crippen LogP contribution in [0.25, 0.3) is 5.69 Å². The molecule has 0 radical (unpaired) electrons. The largest absolute Gasteiger partial charge is 0.237 e. The van der Waals surface area contributed by atoms with Crippen LogP contribution in [0.4, 0.5) is 0 Å². The Kier molecular flexibility index (Phi) is 3.53. The molecule has 0 fully saturated rings. The van der Waals surface area contributed by atoms with Crippen LogP contribution in [0.1, 0.15) is 29.4 Å². The highest BCUT2D eigenvalue weighted by molar-refractivity contribution is 6.17. The van der Waals surface area contributed by atoms with Gasteiger partial charge < -0.3 is 0 Å². The number of hydrogen-bond acceptors (Lipinski definition) is 1. The van der Waals surface area contributed by atoms with Gasteiger partial charge in [0.25, 0.3) is 0 Å². The number of rotatable bonds is 3. The first kappa shape index (κ1) is 12.2. The van der Waals surface area contributed by atoms with Crippen LogP contribution in [-0.2, 0) is 12.3 Å². The molecular formula is C14H17ClN2. The Labute approximate surface area is 107 Å². The molecule has 0 aliphatic carbocycles. The van der Waals surface area contributed by atoms with Gasteiger partial charge in [0.15, 0.2) is 0 Å². The van der Waals surface area contributed by atoms with Crippen molar-refractivity contribution in [3.63, 3.8) is 0 Å². The highest BCUT2D eigenvalue weighted by Gasteiger charge is 2.13. The molecule has 0 spiro atoms. The van der Waals surface area contributed by atoms with Crippen LogP contribution in [0.5, 0.6) is 0 Å². The molecule has 0 amide bonds. The average molecular weight is 249 g/mol. The molecule has 0 bridgehead atoms. The minimum Gasteiger partial charge on any atom is -0.237 e. The molecule has 17 heavy (non-hydrogen) atoms. The highest BCUT2D eigenvalue weighted by Crippen LogP contribution is 2.22. The first-order valence-electron chi connectivity index (χ1n) is 5.88. The van der Waals surface area contributed by atoms with E-state index in [1.165, 1.54) is 5.56 Å². The molecule has 0 unspecified atom stereocenters. The Balaban J connectivity index is 2.61. The van der Waals surface area contributed by atoms with Gasteiger partial charge in [-0.2, -0.15) is 5.10 Å². The summed E-state index contributed by atoms with van der Waals surface area (Å²) in [6, 6.07) is 8.37. The van der Waals surface area contributed by atoms with Crippen LogP contribution in [0, 0.1) is 13.8 Å². The second kappa shape index (κ2) is 4.92. The van der Waals surface area contributed by atoms with Crippen molar-refractivity contribution in [2.24, 2.45) is 0 Å². The second-order valence-electron chi connectivity index (χ2n) is 4.18. The van der Waals surface area contributed by atoms with Gasteiger partial charge in [-0.15, -0.1) is 11.6 Å². The van der Waals surface area contributed by atoms with Gasteiger partial charge in [0.1, 0.15) is 0 Å². The van der Waals surface area contributed by atoms with Crippen LogP contribution < -0.4 is 0 Å². The summed E-state index contributed by atoms with van der Waals surface area (Å²) in [5.74, 6) is 0.520. The fourth-order valence-corrected chi connectivity index (χ4v) is 2.51. The van der Waals surface area contributed by atoms with E-state index >= 15 is 0 Å². The second-order valence-corrected chi connectivity index (χ2v) is 4.44. The fraction of sp³-hybridized carbons (Fsp3) is 0.357. The predicted molar refractivity (Wildman–Crippen MR) is 72.0 cm³/mol. The molecule has 3 heteroatoms. The Morgan fingerprint density at radius 2 is 1.94 bits per heavy atom. The van der Waals surface area contributed by atoms with Crippen LogP contribution >= 0.6 is 11.6 Å². The normalized spacial score (nSPS) is 10.8. The topological polar surface area (TPSA) is 17.8 Å². The number of hydrogen-bond donors (Lipinski definition) is 0. The minimum atomic E-state index is 0.520. The lowest BCUT2D eigenvalue weighted by Crippen LogP contribution is -2.03. The molecule has 1 heterocycles. The zero-order valence-electron chi connectivity index (χ0n) is 10.5. The summed E-state index contributed by atoms with van der Waals surface area (Å²) in [6.07, 6.45) is 1.00. The molecule has 1 aromatic carbocycles. The number of halogens is 1. The smallest absolute Gasteiger partial charge is 0.0680 e. The SMILES string of the molecule is CCc1ccccc1-n1nc(C)c(CCl)c1C. The van der Waals surface area contributed by atoms with Gasteiger partial charge in [-0.05, 0) is 31.9 Å². The third-order valence-corrected chi connectivity index (χ3v) is 3.44. The summed E-state index contributed by atoms with van der Waals surface area (Å²) in [5.41, 5.74) is 5.76. The van der Waals surface area contributed by atoms with Gasteiger partial charge in [-0.3, -0.25) is 0 Å². The van der Waals surface area contributed by atoms with Crippen LogP contribution in [-0.4, -0.2) is 9.78 Å². The van der Waals surface area contributed by atoms with E-state index in [0.717, 1.165) is 29.1 Å². The Bertz CT molecular complexity index is 529. The van der Waals surface area contributed by atoms with Crippen molar-refractivity contribution >= 4 is 11.6 Å². The highest BCUT2D eigenvalue weighted by atomic mass is 35.5. The van der Waals surface area contributed by atoms with Gasteiger partial charge in [0, 0.05) is 11.3 Å². The third-order valence-electron chi connectivity index (χ3n) is 3.18. The molecule has 0 aliphatic heterocycles. The number of aryl methyl sites for hydroxylation is 2. The molecule has 0 saturated carbocycles. The Morgan fingerprint density at radius 3 is 2.53 bits per heavy atom. The van der Waals surface area contributed by atoms with Crippen LogP contribution in [0.15, 0.2) is 24.3 Å². The summed E-state index contributed by atoms with van der Waals surface area (Å²) in [4.78, 5) is 0. The number of para-hydroxylation sites is 1. The first-order chi connectivity index (χ1) is 8.19. The van der Waals surface area contributed by atoms with E-state index in [9.17, 15) is 0 Å². The molecule has 0 atom stereocenters. The minimum absolute atomic E-state index is 0.520. The van der Waals surface area contributed by atoms with Gasteiger partial charge >= 0.3 is 0 Å². The lowest BCUT2D eigenvalue weighted by atomic mass is 10.1. The first-order valence-corrected chi connectivity index (χ1v) is 6.41. The zero-order valence-corrected chi connectivity index (χ0v) is 11.3. The standard InChI is InChI=1S/C14H17ClN2/c1-4-12-7-5-6-8-14(12)17-11(3)13(9-15)10(2)16-17/h5-8H,4,9H2,1-3H3. The molecule has 1 aromatic heterocycles. The van der Waals surface area contributed by atoms with Crippen molar-refractivity contribution in [2.45, 2.75) is 33.1 Å². The zero-order chi connectivity index (χ0) is 12.4. The average Bonchev–Trinajstić information content (AvgIpc) is 2.64. The summed E-state index contributed by atoms with van der Waals surface area (Å²) < 4.78 is 2.01. The van der Waals surface area contributed by atoms with E-state index in [1.54, 1.807) is 0 Å². The van der Waals surface area contributed by atoms with E-state index in [0.29, 0.717) is 5.88 Å². The van der Waals surface area contributed by atoms with E-state index in [1.807, 2.05) is 17.7 Å². The summed E-state index contributed by atoms with van der Waals surface area (Å²) in [5, 5.41) is 4.59. The summed E-state index contributed by atoms with van der Waals surface area (Å²) in [6.45, 7) is 6.24. The third kappa shape index (κ3) is 2.09. The lowest BCUT2D eigenvalue weighted by Gasteiger charge is -2.09. The lowest BCUT2D eigenvalue weighted by molar-refractivity contribution is 0.820. The molecule has 0 saturated heterocycles. The Morgan fingerprint density at radius 1 is 1.24 bits per heavy atom. The fourth-order valence-electron chi connectivity index (χ4n) is 2.12. The van der Waals surface area contributed by atoms with E-state index in [-0.39, 0.29) is 0 Å². The van der Waals surface area contributed by atoms with Crippen LogP contribution in [0.2, 0.25) is 0 Å². The predicted octanol–water partition coefficient (Wildman–Crippen LogP) is 3.79. The van der Waals surface area contributed by atoms with Crippen LogP contribution in [0.3, 0.4) is 0 Å².